The first-order chi connectivity index (χ1) is 12.7. The number of benzene rings is 2. The molecule has 0 amide bonds. The van der Waals surface area contributed by atoms with E-state index in [4.69, 9.17) is 5.10 Å². The summed E-state index contributed by atoms with van der Waals surface area (Å²) in [7, 11) is 0. The molecule has 0 aliphatic heterocycles. The van der Waals surface area contributed by atoms with Crippen LogP contribution >= 0.6 is 0 Å². The number of hydrogen-bond donors (Lipinski definition) is 0. The van der Waals surface area contributed by atoms with E-state index in [9.17, 15) is 5.26 Å². The largest absolute Gasteiger partial charge is 0.260 e. The molecule has 0 radical (unpaired) electrons. The third-order valence-corrected chi connectivity index (χ3v) is 4.55. The van der Waals surface area contributed by atoms with Gasteiger partial charge in [-0.3, -0.25) is 4.68 Å². The summed E-state index contributed by atoms with van der Waals surface area (Å²) in [6, 6.07) is 17.9. The second-order valence-corrected chi connectivity index (χ2v) is 6.25. The van der Waals surface area contributed by atoms with E-state index >= 15 is 0 Å². The van der Waals surface area contributed by atoms with Crippen molar-refractivity contribution in [3.8, 4) is 17.6 Å². The molecule has 2 aromatic heterocycles. The van der Waals surface area contributed by atoms with Crippen LogP contribution < -0.4 is 0 Å². The van der Waals surface area contributed by atoms with Gasteiger partial charge in [0.25, 0.3) is 0 Å². The number of fused-ring (bicyclic) bond motifs is 1. The highest BCUT2D eigenvalue weighted by molar-refractivity contribution is 5.91. The second-order valence-electron chi connectivity index (χ2n) is 6.25. The average molecular weight is 339 g/mol. The van der Waals surface area contributed by atoms with Crippen LogP contribution in [-0.4, -0.2) is 19.7 Å². The second kappa shape index (κ2) is 6.41. The van der Waals surface area contributed by atoms with Crippen molar-refractivity contribution in [1.82, 2.24) is 19.7 Å². The zero-order valence-corrected chi connectivity index (χ0v) is 14.6. The maximum absolute atomic E-state index is 9.35. The molecule has 0 N–H and O–H groups in total. The summed E-state index contributed by atoms with van der Waals surface area (Å²) in [5, 5.41) is 15.1. The highest BCUT2D eigenvalue weighted by Gasteiger charge is 2.15. The molecule has 2 heterocycles. The molecule has 0 saturated heterocycles. The van der Waals surface area contributed by atoms with Gasteiger partial charge in [0.2, 0.25) is 0 Å². The molecule has 5 heteroatoms. The van der Waals surface area contributed by atoms with Gasteiger partial charge in [-0.25, -0.2) is 9.97 Å². The van der Waals surface area contributed by atoms with Gasteiger partial charge in [-0.2, -0.15) is 10.4 Å². The quantitative estimate of drug-likeness (QED) is 0.565. The summed E-state index contributed by atoms with van der Waals surface area (Å²) in [5.74, 6) is 0.622. The van der Waals surface area contributed by atoms with E-state index in [1.807, 2.05) is 73.3 Å². The van der Waals surface area contributed by atoms with Gasteiger partial charge in [0.05, 0.1) is 23.7 Å². The minimum absolute atomic E-state index is 0.523. The third-order valence-electron chi connectivity index (χ3n) is 4.55. The van der Waals surface area contributed by atoms with Crippen molar-refractivity contribution in [3.63, 3.8) is 0 Å². The third kappa shape index (κ3) is 2.72. The van der Waals surface area contributed by atoms with Gasteiger partial charge in [0.1, 0.15) is 5.69 Å². The Hall–Kier alpha value is -3.52. The average Bonchev–Trinajstić information content (AvgIpc) is 3.03. The van der Waals surface area contributed by atoms with Crippen LogP contribution in [0.25, 0.3) is 22.4 Å². The van der Waals surface area contributed by atoms with E-state index in [2.05, 4.69) is 16.0 Å². The zero-order valence-electron chi connectivity index (χ0n) is 14.6. The number of rotatable bonds is 3. The maximum atomic E-state index is 9.35. The van der Waals surface area contributed by atoms with Gasteiger partial charge >= 0.3 is 0 Å². The van der Waals surface area contributed by atoms with Gasteiger partial charge in [-0.05, 0) is 37.1 Å². The first-order valence-electron chi connectivity index (χ1n) is 8.41. The van der Waals surface area contributed by atoms with Gasteiger partial charge in [0.15, 0.2) is 5.82 Å². The summed E-state index contributed by atoms with van der Waals surface area (Å²) < 4.78 is 1.92. The molecule has 0 unspecified atom stereocenters. The SMILES string of the molecule is Cc1cnc(-c2nn(Cc3ccccc3C#N)c3ccccc23)nc1C. The summed E-state index contributed by atoms with van der Waals surface area (Å²) in [5.41, 5.74) is 5.37. The first kappa shape index (κ1) is 16.0. The molecule has 0 saturated carbocycles. The lowest BCUT2D eigenvalue weighted by Crippen LogP contribution is -2.04. The minimum atomic E-state index is 0.523. The van der Waals surface area contributed by atoms with Crippen molar-refractivity contribution in [2.45, 2.75) is 20.4 Å². The van der Waals surface area contributed by atoms with Gasteiger partial charge in [-0.1, -0.05) is 36.4 Å². The van der Waals surface area contributed by atoms with Crippen molar-refractivity contribution in [3.05, 3.63) is 77.1 Å². The van der Waals surface area contributed by atoms with Gasteiger partial charge < -0.3 is 0 Å². The monoisotopic (exact) mass is 339 g/mol. The molecule has 4 rings (SSSR count). The Morgan fingerprint density at radius 3 is 2.62 bits per heavy atom. The Morgan fingerprint density at radius 1 is 1.04 bits per heavy atom. The standard InChI is InChI=1S/C21H17N5/c1-14-12-23-21(24-15(14)2)20-18-9-5-6-10-19(18)26(25-20)13-17-8-4-3-7-16(17)11-22/h3-10,12H,13H2,1-2H3. The molecule has 0 spiro atoms. The molecule has 4 aromatic rings. The van der Waals surface area contributed by atoms with Crippen LogP contribution in [0.2, 0.25) is 0 Å². The van der Waals surface area contributed by atoms with Crippen LogP contribution in [0.3, 0.4) is 0 Å². The van der Waals surface area contributed by atoms with Crippen molar-refractivity contribution >= 4 is 10.9 Å². The van der Waals surface area contributed by atoms with E-state index in [0.29, 0.717) is 17.9 Å². The number of nitriles is 1. The van der Waals surface area contributed by atoms with Crippen LogP contribution in [0.15, 0.2) is 54.7 Å². The number of nitrogens with zero attached hydrogens (tertiary/aromatic N) is 5. The van der Waals surface area contributed by atoms with Gasteiger partial charge in [0, 0.05) is 17.3 Å². The fraction of sp³-hybridized carbons (Fsp3) is 0.143. The summed E-state index contributed by atoms with van der Waals surface area (Å²) in [6.07, 6.45) is 1.83. The fourth-order valence-electron chi connectivity index (χ4n) is 2.98. The summed E-state index contributed by atoms with van der Waals surface area (Å²) in [6.45, 7) is 4.49. The molecule has 5 nitrogen and oxygen atoms in total. The number of aromatic nitrogens is 4. The van der Waals surface area contributed by atoms with Crippen LogP contribution in [0.1, 0.15) is 22.4 Å². The van der Waals surface area contributed by atoms with Crippen molar-refractivity contribution < 1.29 is 0 Å². The molecule has 0 atom stereocenters. The normalized spacial score (nSPS) is 10.8. The molecule has 0 aliphatic carbocycles. The summed E-state index contributed by atoms with van der Waals surface area (Å²) >= 11 is 0. The Kier molecular flexibility index (Phi) is 3.94. The van der Waals surface area contributed by atoms with Crippen molar-refractivity contribution in [2.24, 2.45) is 0 Å². The van der Waals surface area contributed by atoms with E-state index in [1.165, 1.54) is 0 Å². The predicted molar refractivity (Wildman–Crippen MR) is 100 cm³/mol. The van der Waals surface area contributed by atoms with Gasteiger partial charge in [-0.15, -0.1) is 0 Å². The maximum Gasteiger partial charge on any atom is 0.180 e. The van der Waals surface area contributed by atoms with Crippen molar-refractivity contribution in [2.75, 3.05) is 0 Å². The Bertz CT molecular complexity index is 1150. The summed E-state index contributed by atoms with van der Waals surface area (Å²) in [4.78, 5) is 9.08. The highest BCUT2D eigenvalue weighted by Crippen LogP contribution is 2.26. The molecule has 0 aliphatic rings. The topological polar surface area (TPSA) is 67.4 Å². The van der Waals surface area contributed by atoms with Crippen LogP contribution in [-0.2, 0) is 6.54 Å². The zero-order chi connectivity index (χ0) is 18.1. The van der Waals surface area contributed by atoms with E-state index in [-0.39, 0.29) is 0 Å². The molecular formula is C21H17N5. The number of para-hydroxylation sites is 1. The number of aryl methyl sites for hydroxylation is 2. The van der Waals surface area contributed by atoms with Crippen LogP contribution in [0, 0.1) is 25.2 Å². The molecule has 26 heavy (non-hydrogen) atoms. The molecule has 2 aromatic carbocycles. The number of hydrogen-bond acceptors (Lipinski definition) is 4. The van der Waals surface area contributed by atoms with Crippen LogP contribution in [0.5, 0.6) is 0 Å². The molecule has 0 fully saturated rings. The molecule has 126 valence electrons. The van der Waals surface area contributed by atoms with Crippen LogP contribution in [0.4, 0.5) is 0 Å². The Morgan fingerprint density at radius 2 is 1.81 bits per heavy atom. The Balaban J connectivity index is 1.87. The lowest BCUT2D eigenvalue weighted by molar-refractivity contribution is 0.712. The Labute approximate surface area is 151 Å². The van der Waals surface area contributed by atoms with E-state index < -0.39 is 0 Å². The first-order valence-corrected chi connectivity index (χ1v) is 8.41. The minimum Gasteiger partial charge on any atom is -0.260 e. The fourth-order valence-corrected chi connectivity index (χ4v) is 2.98. The highest BCUT2D eigenvalue weighted by atomic mass is 15.3. The lowest BCUT2D eigenvalue weighted by atomic mass is 10.1. The van der Waals surface area contributed by atoms with E-state index in [1.54, 1.807) is 0 Å². The van der Waals surface area contributed by atoms with Crippen molar-refractivity contribution in [1.29, 1.82) is 5.26 Å². The predicted octanol–water partition coefficient (Wildman–Crippen LogP) is 4.03. The molecular weight excluding hydrogens is 322 g/mol. The van der Waals surface area contributed by atoms with E-state index in [0.717, 1.165) is 33.4 Å². The lowest BCUT2D eigenvalue weighted by Gasteiger charge is -2.05. The smallest absolute Gasteiger partial charge is 0.180 e. The molecule has 0 bridgehead atoms.